The molecular weight excluding hydrogens is 228 g/mol. The van der Waals surface area contributed by atoms with Crippen molar-refractivity contribution in [1.82, 2.24) is 0 Å². The summed E-state index contributed by atoms with van der Waals surface area (Å²) < 4.78 is 0. The first-order chi connectivity index (χ1) is 8.43. The molecule has 4 nitrogen and oxygen atoms in total. The molecule has 0 fully saturated rings. The number of amides is 1. The molecule has 0 saturated carbocycles. The van der Waals surface area contributed by atoms with Crippen LogP contribution in [0.25, 0.3) is 10.8 Å². The Morgan fingerprint density at radius 3 is 2.44 bits per heavy atom. The molecule has 0 aliphatic heterocycles. The minimum Gasteiger partial charge on any atom is -0.383 e. The van der Waals surface area contributed by atoms with E-state index >= 15 is 0 Å². The maximum absolute atomic E-state index is 11.1. The SMILES string of the molecule is C[C@](O)(c1ccc2ccccc2c1)[C@H](N)C(N)=O. The van der Waals surface area contributed by atoms with Crippen LogP contribution in [0.3, 0.4) is 0 Å². The van der Waals surface area contributed by atoms with Crippen molar-refractivity contribution in [2.24, 2.45) is 11.5 Å². The van der Waals surface area contributed by atoms with Crippen molar-refractivity contribution in [3.63, 3.8) is 0 Å². The first kappa shape index (κ1) is 12.5. The smallest absolute Gasteiger partial charge is 0.237 e. The Morgan fingerprint density at radius 2 is 1.83 bits per heavy atom. The van der Waals surface area contributed by atoms with Crippen LogP contribution in [0, 0.1) is 0 Å². The Morgan fingerprint density at radius 1 is 1.22 bits per heavy atom. The van der Waals surface area contributed by atoms with E-state index in [1.165, 1.54) is 6.92 Å². The average molecular weight is 244 g/mol. The van der Waals surface area contributed by atoms with E-state index in [0.29, 0.717) is 5.56 Å². The zero-order chi connectivity index (χ0) is 13.3. The maximum Gasteiger partial charge on any atom is 0.237 e. The maximum atomic E-state index is 11.1. The van der Waals surface area contributed by atoms with Crippen molar-refractivity contribution in [2.75, 3.05) is 0 Å². The van der Waals surface area contributed by atoms with E-state index in [1.807, 2.05) is 36.4 Å². The Hall–Kier alpha value is -1.91. The van der Waals surface area contributed by atoms with Crippen LogP contribution in [0.15, 0.2) is 42.5 Å². The van der Waals surface area contributed by atoms with Crippen molar-refractivity contribution in [2.45, 2.75) is 18.6 Å². The van der Waals surface area contributed by atoms with Gasteiger partial charge in [0.15, 0.2) is 0 Å². The summed E-state index contributed by atoms with van der Waals surface area (Å²) in [6, 6.07) is 12.1. The van der Waals surface area contributed by atoms with Crippen LogP contribution in [0.5, 0.6) is 0 Å². The van der Waals surface area contributed by atoms with Gasteiger partial charge in [0.1, 0.15) is 11.6 Å². The molecular formula is C14H16N2O2. The topological polar surface area (TPSA) is 89.3 Å². The number of aliphatic hydroxyl groups is 1. The number of hydrogen-bond donors (Lipinski definition) is 3. The summed E-state index contributed by atoms with van der Waals surface area (Å²) in [7, 11) is 0. The van der Waals surface area contributed by atoms with Gasteiger partial charge in [0.25, 0.3) is 0 Å². The van der Waals surface area contributed by atoms with Crippen LogP contribution in [0.1, 0.15) is 12.5 Å². The molecule has 5 N–H and O–H groups in total. The Balaban J connectivity index is 2.50. The second-order valence-corrected chi connectivity index (χ2v) is 4.59. The Bertz CT molecular complexity index is 593. The molecule has 0 unspecified atom stereocenters. The van der Waals surface area contributed by atoms with Crippen molar-refractivity contribution < 1.29 is 9.90 Å². The summed E-state index contributed by atoms with van der Waals surface area (Å²) >= 11 is 0. The quantitative estimate of drug-likeness (QED) is 0.748. The molecule has 0 spiro atoms. The fourth-order valence-corrected chi connectivity index (χ4v) is 1.96. The third-order valence-corrected chi connectivity index (χ3v) is 3.25. The minimum atomic E-state index is -1.48. The second-order valence-electron chi connectivity index (χ2n) is 4.59. The summed E-state index contributed by atoms with van der Waals surface area (Å²) in [5.41, 5.74) is 9.89. The van der Waals surface area contributed by atoms with Gasteiger partial charge >= 0.3 is 0 Å². The van der Waals surface area contributed by atoms with Gasteiger partial charge in [-0.05, 0) is 29.3 Å². The van der Waals surface area contributed by atoms with Gasteiger partial charge in [-0.1, -0.05) is 36.4 Å². The van der Waals surface area contributed by atoms with Gasteiger partial charge in [0.05, 0.1) is 0 Å². The highest BCUT2D eigenvalue weighted by Gasteiger charge is 2.34. The van der Waals surface area contributed by atoms with Crippen LogP contribution in [0.2, 0.25) is 0 Å². The van der Waals surface area contributed by atoms with Crippen LogP contribution >= 0.6 is 0 Å². The largest absolute Gasteiger partial charge is 0.383 e. The molecule has 0 aliphatic rings. The molecule has 2 rings (SSSR count). The second kappa shape index (κ2) is 4.40. The third-order valence-electron chi connectivity index (χ3n) is 3.25. The van der Waals surface area contributed by atoms with Gasteiger partial charge < -0.3 is 16.6 Å². The number of nitrogens with two attached hydrogens (primary N) is 2. The van der Waals surface area contributed by atoms with E-state index in [9.17, 15) is 9.90 Å². The number of carbonyl (C=O) groups excluding carboxylic acids is 1. The molecule has 2 aromatic carbocycles. The van der Waals surface area contributed by atoms with Crippen molar-refractivity contribution in [3.8, 4) is 0 Å². The monoisotopic (exact) mass is 244 g/mol. The van der Waals surface area contributed by atoms with Crippen LogP contribution < -0.4 is 11.5 Å². The first-order valence-electron chi connectivity index (χ1n) is 5.69. The Kier molecular flexibility index (Phi) is 3.07. The molecule has 4 heteroatoms. The molecule has 2 atom stereocenters. The lowest BCUT2D eigenvalue weighted by atomic mass is 9.87. The van der Waals surface area contributed by atoms with Gasteiger partial charge in [-0.3, -0.25) is 4.79 Å². The van der Waals surface area contributed by atoms with E-state index in [0.717, 1.165) is 10.8 Å². The molecule has 0 aliphatic carbocycles. The highest BCUT2D eigenvalue weighted by Crippen LogP contribution is 2.26. The number of fused-ring (bicyclic) bond motifs is 1. The normalized spacial score (nSPS) is 16.2. The lowest BCUT2D eigenvalue weighted by Crippen LogP contribution is -2.51. The molecule has 0 heterocycles. The van der Waals surface area contributed by atoms with Gasteiger partial charge in [-0.25, -0.2) is 0 Å². The summed E-state index contributed by atoms with van der Waals surface area (Å²) in [5.74, 6) is -0.729. The molecule has 0 saturated heterocycles. The van der Waals surface area contributed by atoms with Gasteiger partial charge in [0.2, 0.25) is 5.91 Å². The van der Waals surface area contributed by atoms with Gasteiger partial charge in [-0.15, -0.1) is 0 Å². The summed E-state index contributed by atoms with van der Waals surface area (Å²) in [5, 5.41) is 12.4. The number of primary amides is 1. The third kappa shape index (κ3) is 2.08. The van der Waals surface area contributed by atoms with E-state index in [1.54, 1.807) is 6.07 Å². The molecule has 1 amide bonds. The Labute approximate surface area is 105 Å². The minimum absolute atomic E-state index is 0.576. The summed E-state index contributed by atoms with van der Waals surface area (Å²) in [6.45, 7) is 1.49. The number of carbonyl (C=O) groups is 1. The summed E-state index contributed by atoms with van der Waals surface area (Å²) in [6.07, 6.45) is 0. The molecule has 94 valence electrons. The first-order valence-corrected chi connectivity index (χ1v) is 5.69. The van der Waals surface area contributed by atoms with Crippen molar-refractivity contribution in [3.05, 3.63) is 48.0 Å². The standard InChI is InChI=1S/C14H16N2O2/c1-14(18,12(15)13(16)17)11-7-6-9-4-2-3-5-10(9)8-11/h2-8,12,18H,15H2,1H3,(H2,16,17)/t12-,14+/m1/s1. The van der Waals surface area contributed by atoms with E-state index in [2.05, 4.69) is 0 Å². The predicted octanol–water partition coefficient (Wildman–Crippen LogP) is 0.860. The van der Waals surface area contributed by atoms with Crippen molar-refractivity contribution >= 4 is 16.7 Å². The van der Waals surface area contributed by atoms with E-state index < -0.39 is 17.6 Å². The van der Waals surface area contributed by atoms with E-state index in [-0.39, 0.29) is 0 Å². The highest BCUT2D eigenvalue weighted by atomic mass is 16.3. The zero-order valence-electron chi connectivity index (χ0n) is 10.1. The fourth-order valence-electron chi connectivity index (χ4n) is 1.96. The van der Waals surface area contributed by atoms with Crippen molar-refractivity contribution in [1.29, 1.82) is 0 Å². The predicted molar refractivity (Wildman–Crippen MR) is 70.7 cm³/mol. The summed E-state index contributed by atoms with van der Waals surface area (Å²) in [4.78, 5) is 11.1. The lowest BCUT2D eigenvalue weighted by molar-refractivity contribution is -0.125. The average Bonchev–Trinajstić information content (AvgIpc) is 2.37. The molecule has 0 radical (unpaired) electrons. The van der Waals surface area contributed by atoms with Gasteiger partial charge in [-0.2, -0.15) is 0 Å². The molecule has 18 heavy (non-hydrogen) atoms. The molecule has 2 aromatic rings. The fraction of sp³-hybridized carbons (Fsp3) is 0.214. The van der Waals surface area contributed by atoms with Crippen LogP contribution in [-0.4, -0.2) is 17.1 Å². The van der Waals surface area contributed by atoms with Crippen LogP contribution in [-0.2, 0) is 10.4 Å². The van der Waals surface area contributed by atoms with Crippen LogP contribution in [0.4, 0.5) is 0 Å². The molecule has 0 bridgehead atoms. The number of hydrogen-bond acceptors (Lipinski definition) is 3. The highest BCUT2D eigenvalue weighted by molar-refractivity contribution is 5.84. The number of benzene rings is 2. The number of rotatable bonds is 3. The lowest BCUT2D eigenvalue weighted by Gasteiger charge is -2.28. The van der Waals surface area contributed by atoms with E-state index in [4.69, 9.17) is 11.5 Å². The molecule has 0 aromatic heterocycles. The zero-order valence-corrected chi connectivity index (χ0v) is 10.1. The van der Waals surface area contributed by atoms with Gasteiger partial charge in [0, 0.05) is 0 Å².